The van der Waals surface area contributed by atoms with Crippen molar-refractivity contribution in [3.63, 3.8) is 0 Å². The van der Waals surface area contributed by atoms with Crippen molar-refractivity contribution >= 4 is 42.1 Å². The van der Waals surface area contributed by atoms with E-state index in [0.717, 1.165) is 0 Å². The maximum Gasteiger partial charge on any atom is 0.410 e. The molecule has 0 atom stereocenters. The molecule has 1 saturated heterocycles. The standard InChI is InChI=1S/C18H35N5O4.HI/c1-17(2,3)26-15(24)21-9-7-8-20-14(19)22-10-12-23(13-11-22)16(25)27-18(4,5)6;/h7-13H2,1-6H3,(H2,19,20)(H,21,24);1H. The van der Waals surface area contributed by atoms with Crippen molar-refractivity contribution in [1.82, 2.24) is 15.1 Å². The first-order chi connectivity index (χ1) is 12.4. The van der Waals surface area contributed by atoms with Crippen molar-refractivity contribution in [3.8, 4) is 0 Å². The molecule has 0 aliphatic carbocycles. The molecule has 0 radical (unpaired) electrons. The van der Waals surface area contributed by atoms with Crippen LogP contribution in [-0.4, -0.2) is 78.4 Å². The molecule has 28 heavy (non-hydrogen) atoms. The van der Waals surface area contributed by atoms with Crippen LogP contribution in [0, 0.1) is 0 Å². The zero-order valence-corrected chi connectivity index (χ0v) is 20.2. The van der Waals surface area contributed by atoms with Gasteiger partial charge >= 0.3 is 12.2 Å². The first-order valence-corrected chi connectivity index (χ1v) is 9.37. The number of piperazine rings is 1. The van der Waals surface area contributed by atoms with E-state index < -0.39 is 17.3 Å². The highest BCUT2D eigenvalue weighted by Crippen LogP contribution is 2.11. The lowest BCUT2D eigenvalue weighted by Crippen LogP contribution is -2.53. The second kappa shape index (κ2) is 11.5. The second-order valence-electron chi connectivity index (χ2n) is 8.48. The molecule has 3 N–H and O–H groups in total. The minimum absolute atomic E-state index is 0. The van der Waals surface area contributed by atoms with Crippen molar-refractivity contribution in [1.29, 1.82) is 0 Å². The van der Waals surface area contributed by atoms with Crippen molar-refractivity contribution in [3.05, 3.63) is 0 Å². The molecular weight excluding hydrogens is 477 g/mol. The lowest BCUT2D eigenvalue weighted by Gasteiger charge is -2.36. The van der Waals surface area contributed by atoms with Gasteiger partial charge in [-0.1, -0.05) is 0 Å². The number of hydrogen-bond acceptors (Lipinski definition) is 5. The third-order valence-electron chi connectivity index (χ3n) is 3.53. The van der Waals surface area contributed by atoms with Gasteiger partial charge in [-0.3, -0.25) is 4.99 Å². The fourth-order valence-corrected chi connectivity index (χ4v) is 2.32. The van der Waals surface area contributed by atoms with Crippen LogP contribution in [0.1, 0.15) is 48.0 Å². The average molecular weight is 513 g/mol. The van der Waals surface area contributed by atoms with Gasteiger partial charge in [0.05, 0.1) is 0 Å². The summed E-state index contributed by atoms with van der Waals surface area (Å²) in [5.74, 6) is 0.455. The number of amides is 2. The Morgan fingerprint density at radius 3 is 1.96 bits per heavy atom. The number of ether oxygens (including phenoxy) is 2. The first-order valence-electron chi connectivity index (χ1n) is 9.37. The number of nitrogens with one attached hydrogen (secondary N) is 1. The lowest BCUT2D eigenvalue weighted by atomic mass is 10.2. The fraction of sp³-hybridized carbons (Fsp3) is 0.833. The Morgan fingerprint density at radius 1 is 0.964 bits per heavy atom. The van der Waals surface area contributed by atoms with E-state index in [9.17, 15) is 9.59 Å². The highest BCUT2D eigenvalue weighted by Gasteiger charge is 2.26. The van der Waals surface area contributed by atoms with E-state index >= 15 is 0 Å². The fourth-order valence-electron chi connectivity index (χ4n) is 2.32. The van der Waals surface area contributed by atoms with Crippen molar-refractivity contribution in [2.45, 2.75) is 59.2 Å². The molecule has 1 fully saturated rings. The minimum Gasteiger partial charge on any atom is -0.444 e. The molecule has 0 aromatic rings. The quantitative estimate of drug-likeness (QED) is 0.259. The van der Waals surface area contributed by atoms with Gasteiger partial charge in [0.25, 0.3) is 0 Å². The number of nitrogens with zero attached hydrogens (tertiary/aromatic N) is 3. The van der Waals surface area contributed by atoms with Crippen LogP contribution >= 0.6 is 24.0 Å². The Balaban J connectivity index is 0.00000729. The molecule has 0 saturated carbocycles. The number of aliphatic imine (C=N–C) groups is 1. The number of alkyl carbamates (subject to hydrolysis) is 1. The summed E-state index contributed by atoms with van der Waals surface area (Å²) in [6.45, 7) is 14.3. The van der Waals surface area contributed by atoms with Gasteiger partial charge in [0.2, 0.25) is 0 Å². The minimum atomic E-state index is -0.506. The van der Waals surface area contributed by atoms with Crippen molar-refractivity contribution in [2.75, 3.05) is 39.3 Å². The normalized spacial score (nSPS) is 15.6. The topological polar surface area (TPSA) is 109 Å². The van der Waals surface area contributed by atoms with E-state index in [4.69, 9.17) is 15.2 Å². The predicted molar refractivity (Wildman–Crippen MR) is 120 cm³/mol. The third kappa shape index (κ3) is 11.4. The van der Waals surface area contributed by atoms with Crippen molar-refractivity contribution in [2.24, 2.45) is 10.7 Å². The second-order valence-corrected chi connectivity index (χ2v) is 8.48. The van der Waals surface area contributed by atoms with Gasteiger partial charge in [-0.25, -0.2) is 9.59 Å². The number of halogens is 1. The van der Waals surface area contributed by atoms with E-state index in [-0.39, 0.29) is 30.1 Å². The number of nitrogens with two attached hydrogens (primary N) is 1. The maximum absolute atomic E-state index is 12.1. The molecule has 9 nitrogen and oxygen atoms in total. The maximum atomic E-state index is 12.1. The molecule has 1 rings (SSSR count). The summed E-state index contributed by atoms with van der Waals surface area (Å²) >= 11 is 0. The van der Waals surface area contributed by atoms with Crippen LogP contribution in [0.15, 0.2) is 4.99 Å². The van der Waals surface area contributed by atoms with Gasteiger partial charge in [0.15, 0.2) is 5.96 Å². The molecule has 0 spiro atoms. The molecule has 0 aromatic carbocycles. The largest absolute Gasteiger partial charge is 0.444 e. The monoisotopic (exact) mass is 513 g/mol. The van der Waals surface area contributed by atoms with E-state index in [1.165, 1.54) is 0 Å². The molecule has 164 valence electrons. The van der Waals surface area contributed by atoms with Crippen molar-refractivity contribution < 1.29 is 19.1 Å². The van der Waals surface area contributed by atoms with Gasteiger partial charge in [0.1, 0.15) is 11.2 Å². The van der Waals surface area contributed by atoms with E-state index in [2.05, 4.69) is 10.3 Å². The molecule has 1 aliphatic rings. The van der Waals surface area contributed by atoms with Gasteiger partial charge in [0, 0.05) is 39.3 Å². The zero-order valence-electron chi connectivity index (χ0n) is 17.9. The lowest BCUT2D eigenvalue weighted by molar-refractivity contribution is 0.0186. The van der Waals surface area contributed by atoms with Crippen LogP contribution < -0.4 is 11.1 Å². The third-order valence-corrected chi connectivity index (χ3v) is 3.53. The molecule has 0 bridgehead atoms. The SMILES string of the molecule is CC(C)(C)OC(=O)NCCCN=C(N)N1CCN(C(=O)OC(C)(C)C)CC1.I. The van der Waals surface area contributed by atoms with Crippen LogP contribution in [0.3, 0.4) is 0 Å². The molecule has 1 aliphatic heterocycles. The summed E-state index contributed by atoms with van der Waals surface area (Å²) in [5, 5.41) is 2.69. The Bertz CT molecular complexity index is 535. The summed E-state index contributed by atoms with van der Waals surface area (Å²) in [5.41, 5.74) is 5.02. The molecular formula is C18H36IN5O4. The van der Waals surface area contributed by atoms with E-state index in [1.54, 1.807) is 4.90 Å². The molecule has 0 unspecified atom stereocenters. The van der Waals surface area contributed by atoms with E-state index in [1.807, 2.05) is 46.4 Å². The molecule has 1 heterocycles. The summed E-state index contributed by atoms with van der Waals surface area (Å²) in [6, 6.07) is 0. The first kappa shape index (κ1) is 26.5. The van der Waals surface area contributed by atoms with Gasteiger partial charge < -0.3 is 30.3 Å². The Hall–Kier alpha value is -1.46. The van der Waals surface area contributed by atoms with Gasteiger partial charge in [-0.15, -0.1) is 24.0 Å². The van der Waals surface area contributed by atoms with E-state index in [0.29, 0.717) is 51.6 Å². The van der Waals surface area contributed by atoms with Gasteiger partial charge in [-0.05, 0) is 48.0 Å². The molecule has 10 heteroatoms. The summed E-state index contributed by atoms with van der Waals surface area (Å²) in [4.78, 5) is 31.6. The summed E-state index contributed by atoms with van der Waals surface area (Å²) < 4.78 is 10.5. The van der Waals surface area contributed by atoms with Crippen LogP contribution in [-0.2, 0) is 9.47 Å². The molecule has 2 amide bonds. The summed E-state index contributed by atoms with van der Waals surface area (Å²) in [7, 11) is 0. The Kier molecular flexibility index (Phi) is 10.9. The predicted octanol–water partition coefficient (Wildman–Crippen LogP) is 2.39. The molecule has 0 aromatic heterocycles. The highest BCUT2D eigenvalue weighted by molar-refractivity contribution is 14.0. The number of rotatable bonds is 4. The average Bonchev–Trinajstić information content (AvgIpc) is 2.51. The van der Waals surface area contributed by atoms with Gasteiger partial charge in [-0.2, -0.15) is 0 Å². The van der Waals surface area contributed by atoms with Crippen LogP contribution in [0.4, 0.5) is 9.59 Å². The van der Waals surface area contributed by atoms with Crippen LogP contribution in [0.25, 0.3) is 0 Å². The highest BCUT2D eigenvalue weighted by atomic mass is 127. The number of guanidine groups is 1. The number of carbonyl (C=O) groups is 2. The summed E-state index contributed by atoms with van der Waals surface area (Å²) in [6.07, 6.45) is -0.0683. The Labute approximate surface area is 185 Å². The number of hydrogen-bond donors (Lipinski definition) is 2. The van der Waals surface area contributed by atoms with Crippen LogP contribution in [0.5, 0.6) is 0 Å². The van der Waals surface area contributed by atoms with Crippen LogP contribution in [0.2, 0.25) is 0 Å². The number of carbonyl (C=O) groups excluding carboxylic acids is 2. The Morgan fingerprint density at radius 2 is 1.46 bits per heavy atom. The smallest absolute Gasteiger partial charge is 0.410 e. The zero-order chi connectivity index (χ0) is 20.7.